The lowest BCUT2D eigenvalue weighted by Gasteiger charge is -2.03. The minimum absolute atomic E-state index is 0.856. The summed E-state index contributed by atoms with van der Waals surface area (Å²) in [5, 5.41) is 6.70. The van der Waals surface area contributed by atoms with E-state index in [4.69, 9.17) is 0 Å². The smallest absolute Gasteiger partial charge is 0.205 e. The Labute approximate surface area is 155 Å². The van der Waals surface area contributed by atoms with E-state index < -0.39 is 0 Å². The minimum atomic E-state index is 0.856. The van der Waals surface area contributed by atoms with Crippen LogP contribution in [-0.2, 0) is 0 Å². The summed E-state index contributed by atoms with van der Waals surface area (Å²) >= 11 is 8.52. The van der Waals surface area contributed by atoms with E-state index in [2.05, 4.69) is 59.5 Å². The van der Waals surface area contributed by atoms with Crippen LogP contribution in [0.2, 0.25) is 0 Å². The van der Waals surface area contributed by atoms with Crippen molar-refractivity contribution in [1.29, 1.82) is 0 Å². The molecule has 2 aromatic carbocycles. The fraction of sp³-hybridized carbons (Fsp3) is 0.0588. The Morgan fingerprint density at radius 2 is 1.83 bits per heavy atom. The molecule has 3 rings (SSSR count). The number of benzene rings is 2. The van der Waals surface area contributed by atoms with Gasteiger partial charge in [-0.15, -0.1) is 11.3 Å². The molecule has 0 aliphatic heterocycles. The van der Waals surface area contributed by atoms with Gasteiger partial charge in [-0.25, -0.2) is 4.68 Å². The van der Waals surface area contributed by atoms with Crippen molar-refractivity contribution in [1.82, 2.24) is 4.68 Å². The zero-order valence-corrected chi connectivity index (χ0v) is 16.3. The third kappa shape index (κ3) is 3.88. The van der Waals surface area contributed by atoms with E-state index in [1.165, 1.54) is 0 Å². The molecule has 0 spiro atoms. The first-order chi connectivity index (χ1) is 11.2. The van der Waals surface area contributed by atoms with Crippen molar-refractivity contribution in [3.8, 4) is 11.3 Å². The van der Waals surface area contributed by atoms with Gasteiger partial charge < -0.3 is 0 Å². The molecule has 6 heteroatoms. The number of hydrogen-bond donors (Lipinski definition) is 0. The lowest BCUT2D eigenvalue weighted by molar-refractivity contribution is 0.848. The Hall–Kier alpha value is -1.50. The predicted octanol–water partition coefficient (Wildman–Crippen LogP) is 5.15. The average Bonchev–Trinajstić information content (AvgIpc) is 2.96. The summed E-state index contributed by atoms with van der Waals surface area (Å²) in [6.45, 7) is 0. The summed E-state index contributed by atoms with van der Waals surface area (Å²) in [5.41, 5.74) is 3.15. The highest BCUT2D eigenvalue weighted by Crippen LogP contribution is 2.22. The molecular weight excluding hydrogens is 438 g/mol. The Morgan fingerprint density at radius 3 is 2.52 bits per heavy atom. The van der Waals surface area contributed by atoms with Gasteiger partial charge in [-0.1, -0.05) is 56.1 Å². The van der Waals surface area contributed by atoms with Crippen LogP contribution < -0.4 is 4.80 Å². The van der Waals surface area contributed by atoms with Crippen LogP contribution in [0.3, 0.4) is 0 Å². The Balaban J connectivity index is 2.04. The second-order valence-corrected chi connectivity index (χ2v) is 7.41. The van der Waals surface area contributed by atoms with Crippen molar-refractivity contribution in [3.05, 3.63) is 73.2 Å². The maximum absolute atomic E-state index is 4.62. The molecule has 0 atom stereocenters. The van der Waals surface area contributed by atoms with Gasteiger partial charge in [0.25, 0.3) is 0 Å². The van der Waals surface area contributed by atoms with Crippen molar-refractivity contribution in [2.75, 3.05) is 7.05 Å². The molecule has 116 valence electrons. The zero-order valence-electron chi connectivity index (χ0n) is 12.3. The highest BCUT2D eigenvalue weighted by molar-refractivity contribution is 9.10. The molecule has 0 amide bonds. The van der Waals surface area contributed by atoms with Gasteiger partial charge in [-0.3, -0.25) is 4.99 Å². The number of rotatable bonds is 3. The summed E-state index contributed by atoms with van der Waals surface area (Å²) in [6, 6.07) is 16.2. The SMILES string of the molecule is CN=c1scc(-c2ccc(Br)cc2)n1N=Cc1cccc(Br)c1. The topological polar surface area (TPSA) is 29.6 Å². The average molecular weight is 451 g/mol. The van der Waals surface area contributed by atoms with Crippen LogP contribution in [0.5, 0.6) is 0 Å². The molecule has 0 unspecified atom stereocenters. The van der Waals surface area contributed by atoms with Gasteiger partial charge in [0, 0.05) is 26.9 Å². The van der Waals surface area contributed by atoms with Gasteiger partial charge in [0.1, 0.15) is 0 Å². The summed E-state index contributed by atoms with van der Waals surface area (Å²) in [7, 11) is 1.78. The summed E-state index contributed by atoms with van der Waals surface area (Å²) in [6.07, 6.45) is 1.84. The van der Waals surface area contributed by atoms with E-state index in [9.17, 15) is 0 Å². The lowest BCUT2D eigenvalue weighted by Crippen LogP contribution is -2.11. The molecule has 0 bridgehead atoms. The lowest BCUT2D eigenvalue weighted by atomic mass is 10.2. The van der Waals surface area contributed by atoms with Crippen LogP contribution in [-0.4, -0.2) is 17.9 Å². The molecule has 0 aliphatic rings. The van der Waals surface area contributed by atoms with Gasteiger partial charge in [-0.2, -0.15) is 5.10 Å². The molecule has 0 fully saturated rings. The highest BCUT2D eigenvalue weighted by Gasteiger charge is 2.06. The molecule has 0 radical (unpaired) electrons. The van der Waals surface area contributed by atoms with E-state index in [1.807, 2.05) is 47.3 Å². The van der Waals surface area contributed by atoms with Crippen molar-refractivity contribution >= 4 is 49.4 Å². The fourth-order valence-electron chi connectivity index (χ4n) is 2.09. The van der Waals surface area contributed by atoms with Crippen LogP contribution in [0.1, 0.15) is 5.56 Å². The number of thiazole rings is 1. The third-order valence-electron chi connectivity index (χ3n) is 3.19. The standard InChI is InChI=1S/C17H13Br2N3S/c1-20-17-22(21-10-12-3-2-4-15(19)9-12)16(11-23-17)13-5-7-14(18)8-6-13/h2-11H,1H3. The van der Waals surface area contributed by atoms with Gasteiger partial charge >= 0.3 is 0 Å². The van der Waals surface area contributed by atoms with E-state index in [0.717, 1.165) is 30.6 Å². The van der Waals surface area contributed by atoms with Crippen LogP contribution in [0, 0.1) is 0 Å². The van der Waals surface area contributed by atoms with Crippen molar-refractivity contribution in [2.45, 2.75) is 0 Å². The van der Waals surface area contributed by atoms with Crippen LogP contribution >= 0.6 is 43.2 Å². The van der Waals surface area contributed by atoms with Gasteiger partial charge in [-0.05, 0) is 29.8 Å². The molecule has 0 saturated carbocycles. The van der Waals surface area contributed by atoms with E-state index in [-0.39, 0.29) is 0 Å². The first kappa shape index (κ1) is 16.4. The number of aromatic nitrogens is 1. The predicted molar refractivity (Wildman–Crippen MR) is 104 cm³/mol. The fourth-order valence-corrected chi connectivity index (χ4v) is 3.58. The van der Waals surface area contributed by atoms with E-state index in [1.54, 1.807) is 18.4 Å². The summed E-state index contributed by atoms with van der Waals surface area (Å²) in [4.78, 5) is 5.17. The van der Waals surface area contributed by atoms with Crippen LogP contribution in [0.25, 0.3) is 11.3 Å². The quantitative estimate of drug-likeness (QED) is 0.493. The van der Waals surface area contributed by atoms with Gasteiger partial charge in [0.15, 0.2) is 0 Å². The van der Waals surface area contributed by atoms with Gasteiger partial charge in [0.2, 0.25) is 4.80 Å². The van der Waals surface area contributed by atoms with Crippen LogP contribution in [0.4, 0.5) is 0 Å². The minimum Gasteiger partial charge on any atom is -0.261 e. The molecule has 23 heavy (non-hydrogen) atoms. The maximum Gasteiger partial charge on any atom is 0.205 e. The Kier molecular flexibility index (Phi) is 5.25. The number of nitrogens with zero attached hydrogens (tertiary/aromatic N) is 3. The summed E-state index contributed by atoms with van der Waals surface area (Å²) in [5.74, 6) is 0. The van der Waals surface area contributed by atoms with Crippen molar-refractivity contribution < 1.29 is 0 Å². The second-order valence-electron chi connectivity index (χ2n) is 4.75. The van der Waals surface area contributed by atoms with E-state index >= 15 is 0 Å². The zero-order chi connectivity index (χ0) is 16.2. The third-order valence-corrected chi connectivity index (χ3v) is 5.12. The molecular formula is C17H13Br2N3S. The Morgan fingerprint density at radius 1 is 1.04 bits per heavy atom. The van der Waals surface area contributed by atoms with Gasteiger partial charge in [0.05, 0.1) is 11.9 Å². The van der Waals surface area contributed by atoms with Crippen molar-refractivity contribution in [2.24, 2.45) is 10.1 Å². The second kappa shape index (κ2) is 7.38. The molecule has 0 N–H and O–H groups in total. The highest BCUT2D eigenvalue weighted by atomic mass is 79.9. The molecule has 0 saturated heterocycles. The normalized spacial score (nSPS) is 12.2. The first-order valence-corrected chi connectivity index (χ1v) is 9.33. The molecule has 0 aliphatic carbocycles. The molecule has 1 aromatic heterocycles. The number of hydrogen-bond acceptors (Lipinski definition) is 3. The summed E-state index contributed by atoms with van der Waals surface area (Å²) < 4.78 is 3.96. The molecule has 1 heterocycles. The molecule has 3 aromatic rings. The van der Waals surface area contributed by atoms with E-state index in [0.29, 0.717) is 0 Å². The molecule has 3 nitrogen and oxygen atoms in total. The largest absolute Gasteiger partial charge is 0.261 e. The monoisotopic (exact) mass is 449 g/mol. The maximum atomic E-state index is 4.62. The van der Waals surface area contributed by atoms with Crippen molar-refractivity contribution in [3.63, 3.8) is 0 Å². The first-order valence-electron chi connectivity index (χ1n) is 6.86. The Bertz CT molecular complexity index is 908. The number of halogens is 2. The van der Waals surface area contributed by atoms with Crippen LogP contribution in [0.15, 0.2) is 73.0 Å².